The van der Waals surface area contributed by atoms with Crippen LogP contribution in [0.5, 0.6) is 0 Å². The first-order chi connectivity index (χ1) is 7.99. The van der Waals surface area contributed by atoms with Gasteiger partial charge in [-0.05, 0) is 31.1 Å². The van der Waals surface area contributed by atoms with E-state index in [4.69, 9.17) is 5.11 Å². The lowest BCUT2D eigenvalue weighted by atomic mass is 9.90. The van der Waals surface area contributed by atoms with Gasteiger partial charge in [0.05, 0.1) is 6.42 Å². The smallest absolute Gasteiger partial charge is 0.303 e. The summed E-state index contributed by atoms with van der Waals surface area (Å²) >= 11 is 0. The van der Waals surface area contributed by atoms with E-state index < -0.39 is 5.97 Å². The molecule has 0 radical (unpaired) electrons. The van der Waals surface area contributed by atoms with Crippen molar-refractivity contribution >= 4 is 11.9 Å². The maximum Gasteiger partial charge on any atom is 0.303 e. The fourth-order valence-electron chi connectivity index (χ4n) is 2.93. The lowest BCUT2D eigenvalue weighted by Crippen LogP contribution is -2.38. The monoisotopic (exact) mass is 239 g/mol. The lowest BCUT2D eigenvalue weighted by Gasteiger charge is -2.29. The predicted octanol–water partition coefficient (Wildman–Crippen LogP) is 1.89. The fourth-order valence-corrected chi connectivity index (χ4v) is 2.93. The third kappa shape index (κ3) is 2.79. The van der Waals surface area contributed by atoms with Crippen molar-refractivity contribution in [1.29, 1.82) is 0 Å². The third-order valence-corrected chi connectivity index (χ3v) is 3.72. The molecule has 1 heterocycles. The Morgan fingerprint density at radius 2 is 2.12 bits per heavy atom. The summed E-state index contributed by atoms with van der Waals surface area (Å²) in [4.78, 5) is 24.8. The number of aliphatic carboxylic acids is 1. The van der Waals surface area contributed by atoms with Crippen LogP contribution >= 0.6 is 0 Å². The molecule has 0 aromatic heterocycles. The van der Waals surface area contributed by atoms with Gasteiger partial charge >= 0.3 is 5.97 Å². The first-order valence-corrected chi connectivity index (χ1v) is 6.52. The molecule has 1 N–H and O–H groups in total. The molecule has 17 heavy (non-hydrogen) atoms. The van der Waals surface area contributed by atoms with Crippen molar-refractivity contribution in [1.82, 2.24) is 4.90 Å². The van der Waals surface area contributed by atoms with Crippen LogP contribution in [0.3, 0.4) is 0 Å². The molecule has 2 aliphatic rings. The summed E-state index contributed by atoms with van der Waals surface area (Å²) < 4.78 is 0. The largest absolute Gasteiger partial charge is 0.481 e. The Morgan fingerprint density at radius 3 is 2.59 bits per heavy atom. The Morgan fingerprint density at radius 1 is 1.47 bits per heavy atom. The van der Waals surface area contributed by atoms with Gasteiger partial charge in [-0.15, -0.1) is 0 Å². The number of hydrogen-bond acceptors (Lipinski definition) is 2. The quantitative estimate of drug-likeness (QED) is 0.797. The van der Waals surface area contributed by atoms with Gasteiger partial charge in [0.15, 0.2) is 0 Å². The van der Waals surface area contributed by atoms with E-state index in [1.54, 1.807) is 0 Å². The Labute approximate surface area is 102 Å². The topological polar surface area (TPSA) is 57.6 Å². The van der Waals surface area contributed by atoms with Gasteiger partial charge in [0, 0.05) is 18.5 Å². The lowest BCUT2D eigenvalue weighted by molar-refractivity contribution is -0.138. The highest BCUT2D eigenvalue weighted by Gasteiger charge is 2.46. The van der Waals surface area contributed by atoms with E-state index in [1.165, 1.54) is 0 Å². The second kappa shape index (κ2) is 4.67. The minimum atomic E-state index is -0.783. The zero-order valence-electron chi connectivity index (χ0n) is 10.6. The van der Waals surface area contributed by atoms with Crippen LogP contribution in [0.4, 0.5) is 0 Å². The van der Waals surface area contributed by atoms with Crippen LogP contribution in [0.2, 0.25) is 0 Å². The van der Waals surface area contributed by atoms with Gasteiger partial charge in [0.2, 0.25) is 5.91 Å². The predicted molar refractivity (Wildman–Crippen MR) is 63.5 cm³/mol. The number of carbonyl (C=O) groups excluding carboxylic acids is 1. The molecule has 0 bridgehead atoms. The fraction of sp³-hybridized carbons (Fsp3) is 0.846. The first kappa shape index (κ1) is 12.4. The van der Waals surface area contributed by atoms with E-state index in [2.05, 4.69) is 13.8 Å². The van der Waals surface area contributed by atoms with Crippen molar-refractivity contribution in [2.24, 2.45) is 11.8 Å². The van der Waals surface area contributed by atoms with Crippen molar-refractivity contribution in [3.63, 3.8) is 0 Å². The maximum atomic E-state index is 12.0. The number of nitrogens with zero attached hydrogens (tertiary/aromatic N) is 1. The van der Waals surface area contributed by atoms with Crippen molar-refractivity contribution in [3.8, 4) is 0 Å². The molecule has 1 saturated heterocycles. The number of amides is 1. The molecule has 1 amide bonds. The summed E-state index contributed by atoms with van der Waals surface area (Å²) in [5.41, 5.74) is 0. The van der Waals surface area contributed by atoms with Crippen molar-refractivity contribution in [2.75, 3.05) is 0 Å². The summed E-state index contributed by atoms with van der Waals surface area (Å²) in [6.45, 7) is 4.26. The molecule has 2 atom stereocenters. The van der Waals surface area contributed by atoms with Gasteiger partial charge in [-0.3, -0.25) is 9.59 Å². The molecular formula is C13H21NO3. The summed E-state index contributed by atoms with van der Waals surface area (Å²) in [7, 11) is 0. The zero-order valence-corrected chi connectivity index (χ0v) is 10.6. The normalized spacial score (nSPS) is 29.1. The maximum absolute atomic E-state index is 12.0. The average molecular weight is 239 g/mol. The number of hydrogen-bond donors (Lipinski definition) is 1. The van der Waals surface area contributed by atoms with E-state index in [0.717, 1.165) is 19.3 Å². The Hall–Kier alpha value is -1.06. The molecule has 4 nitrogen and oxygen atoms in total. The molecule has 0 aromatic carbocycles. The van der Waals surface area contributed by atoms with E-state index in [-0.39, 0.29) is 24.3 Å². The molecule has 2 fully saturated rings. The van der Waals surface area contributed by atoms with Crippen LogP contribution in [0.1, 0.15) is 46.0 Å². The first-order valence-electron chi connectivity index (χ1n) is 6.52. The molecule has 96 valence electrons. The highest BCUT2D eigenvalue weighted by atomic mass is 16.4. The van der Waals surface area contributed by atoms with Gasteiger partial charge in [-0.25, -0.2) is 0 Å². The van der Waals surface area contributed by atoms with E-state index in [1.807, 2.05) is 4.90 Å². The molecule has 0 unspecified atom stereocenters. The molecular weight excluding hydrogens is 218 g/mol. The molecule has 2 rings (SSSR count). The standard InChI is InChI=1S/C13H21NO3/c1-8(2)5-11-9(7-13(16)17)6-12(15)14(11)10-3-4-10/h8-11H,3-7H2,1-2H3,(H,16,17)/t9-,11-/m1/s1. The molecule has 0 aromatic rings. The summed E-state index contributed by atoms with van der Waals surface area (Å²) in [6.07, 6.45) is 3.69. The van der Waals surface area contributed by atoms with Gasteiger partial charge in [-0.2, -0.15) is 0 Å². The average Bonchev–Trinajstić information content (AvgIpc) is 2.94. The molecule has 1 aliphatic carbocycles. The molecule has 0 spiro atoms. The molecule has 4 heteroatoms. The van der Waals surface area contributed by atoms with Gasteiger partial charge in [-0.1, -0.05) is 13.8 Å². The van der Waals surface area contributed by atoms with Gasteiger partial charge in [0.1, 0.15) is 0 Å². The Bertz CT molecular complexity index is 323. The van der Waals surface area contributed by atoms with E-state index in [9.17, 15) is 9.59 Å². The third-order valence-electron chi connectivity index (χ3n) is 3.72. The Kier molecular flexibility index (Phi) is 3.40. The van der Waals surface area contributed by atoms with Crippen LogP contribution in [0, 0.1) is 11.8 Å². The SMILES string of the molecule is CC(C)C[C@@H]1[C@@H](CC(=O)O)CC(=O)N1C1CC1. The van der Waals surface area contributed by atoms with Crippen LogP contribution in [0.15, 0.2) is 0 Å². The van der Waals surface area contributed by atoms with Crippen molar-refractivity contribution in [2.45, 2.75) is 58.0 Å². The van der Waals surface area contributed by atoms with Crippen LogP contribution in [0.25, 0.3) is 0 Å². The minimum Gasteiger partial charge on any atom is -0.481 e. The van der Waals surface area contributed by atoms with Crippen LogP contribution in [-0.4, -0.2) is 34.0 Å². The number of carboxylic acids is 1. The second-order valence-electron chi connectivity index (χ2n) is 5.79. The Balaban J connectivity index is 2.09. The summed E-state index contributed by atoms with van der Waals surface area (Å²) in [6, 6.07) is 0.566. The molecule has 1 saturated carbocycles. The number of likely N-dealkylation sites (tertiary alicyclic amines) is 1. The van der Waals surface area contributed by atoms with Crippen LogP contribution < -0.4 is 0 Å². The minimum absolute atomic E-state index is 0.0167. The summed E-state index contributed by atoms with van der Waals surface area (Å²) in [5.74, 6) is -0.0925. The highest BCUT2D eigenvalue weighted by molar-refractivity contribution is 5.81. The van der Waals surface area contributed by atoms with E-state index >= 15 is 0 Å². The van der Waals surface area contributed by atoms with Crippen molar-refractivity contribution < 1.29 is 14.7 Å². The highest BCUT2D eigenvalue weighted by Crippen LogP contribution is 2.40. The number of carbonyl (C=O) groups is 2. The van der Waals surface area contributed by atoms with Crippen LogP contribution in [-0.2, 0) is 9.59 Å². The number of rotatable bonds is 5. The van der Waals surface area contributed by atoms with Gasteiger partial charge in [0.25, 0.3) is 0 Å². The van der Waals surface area contributed by atoms with Crippen molar-refractivity contribution in [3.05, 3.63) is 0 Å². The van der Waals surface area contributed by atoms with E-state index in [0.29, 0.717) is 18.4 Å². The van der Waals surface area contributed by atoms with Gasteiger partial charge < -0.3 is 10.0 Å². The zero-order chi connectivity index (χ0) is 12.6. The molecule has 1 aliphatic heterocycles. The number of carboxylic acid groups (broad SMARTS) is 1. The summed E-state index contributed by atoms with van der Waals surface area (Å²) in [5, 5.41) is 8.92. The second-order valence-corrected chi connectivity index (χ2v) is 5.79.